The highest BCUT2D eigenvalue weighted by atomic mass is 16.6. The van der Waals surface area contributed by atoms with Crippen LogP contribution < -0.4 is 0 Å². The summed E-state index contributed by atoms with van der Waals surface area (Å²) in [6.45, 7) is 5.89. The van der Waals surface area contributed by atoms with E-state index in [0.717, 1.165) is 6.07 Å². The highest BCUT2D eigenvalue weighted by Crippen LogP contribution is 2.39. The number of fused-ring (bicyclic) bond motifs is 1. The third-order valence-corrected chi connectivity index (χ3v) is 4.90. The number of hydrogen-bond acceptors (Lipinski definition) is 8. The number of nitro benzene ring substituents is 1. The molecule has 1 fully saturated rings. The van der Waals surface area contributed by atoms with Gasteiger partial charge in [-0.1, -0.05) is 6.07 Å². The highest BCUT2D eigenvalue weighted by Gasteiger charge is 2.58. The summed E-state index contributed by atoms with van der Waals surface area (Å²) in [7, 11) is 0. The Morgan fingerprint density at radius 1 is 1.17 bits per heavy atom. The van der Waals surface area contributed by atoms with Crippen LogP contribution in [-0.2, 0) is 14.3 Å². The van der Waals surface area contributed by atoms with Gasteiger partial charge in [0.25, 0.3) is 23.4 Å². The Hall–Kier alpha value is -3.63. The van der Waals surface area contributed by atoms with E-state index >= 15 is 0 Å². The number of likely N-dealkylation sites (tertiary alicyclic amines) is 1. The molecule has 2 aliphatic rings. The number of carbonyl (C=O) groups is 5. The fraction of sp³-hybridized carbons (Fsp3) is 0.421. The number of amides is 5. The molecule has 0 N–H and O–H groups in total. The molecule has 1 unspecified atom stereocenters. The van der Waals surface area contributed by atoms with Crippen molar-refractivity contribution in [3.05, 3.63) is 39.4 Å². The lowest BCUT2D eigenvalue weighted by Crippen LogP contribution is -2.65. The second-order valence-corrected chi connectivity index (χ2v) is 8.19. The van der Waals surface area contributed by atoms with Crippen molar-refractivity contribution in [1.82, 2.24) is 9.80 Å². The maximum absolute atomic E-state index is 13.2. The molecule has 0 bridgehead atoms. The first-order chi connectivity index (χ1) is 13.8. The van der Waals surface area contributed by atoms with Gasteiger partial charge >= 0.3 is 6.09 Å². The van der Waals surface area contributed by atoms with E-state index in [1.54, 1.807) is 20.8 Å². The average Bonchev–Trinajstić information content (AvgIpc) is 2.88. The monoisotopic (exact) mass is 417 g/mol. The molecule has 1 aromatic carbocycles. The number of ether oxygens (including phenoxy) is 1. The van der Waals surface area contributed by atoms with E-state index in [4.69, 9.17) is 4.74 Å². The van der Waals surface area contributed by atoms with E-state index in [1.807, 2.05) is 0 Å². The lowest BCUT2D eigenvalue weighted by Gasteiger charge is -2.41. The Kier molecular flexibility index (Phi) is 4.72. The van der Waals surface area contributed by atoms with Crippen molar-refractivity contribution < 1.29 is 33.6 Å². The third kappa shape index (κ3) is 3.11. The van der Waals surface area contributed by atoms with Crippen molar-refractivity contribution in [3.63, 3.8) is 0 Å². The zero-order valence-corrected chi connectivity index (χ0v) is 16.8. The summed E-state index contributed by atoms with van der Waals surface area (Å²) in [5.74, 6) is -3.87. The van der Waals surface area contributed by atoms with E-state index in [-0.39, 0.29) is 23.3 Å². The molecule has 30 heavy (non-hydrogen) atoms. The van der Waals surface area contributed by atoms with Crippen LogP contribution in [-0.4, -0.2) is 55.6 Å². The number of hydrogen-bond donors (Lipinski definition) is 0. The van der Waals surface area contributed by atoms with Crippen molar-refractivity contribution in [1.29, 1.82) is 0 Å². The smallest absolute Gasteiger partial charge is 0.424 e. The molecular weight excluding hydrogens is 398 g/mol. The molecule has 11 heteroatoms. The van der Waals surface area contributed by atoms with Gasteiger partial charge in [-0.15, -0.1) is 0 Å². The Morgan fingerprint density at radius 3 is 2.37 bits per heavy atom. The maximum atomic E-state index is 13.2. The Morgan fingerprint density at radius 2 is 1.80 bits per heavy atom. The van der Waals surface area contributed by atoms with Crippen molar-refractivity contribution in [2.24, 2.45) is 0 Å². The first-order valence-corrected chi connectivity index (χ1v) is 9.06. The summed E-state index contributed by atoms with van der Waals surface area (Å²) in [5.41, 5.74) is -4.11. The summed E-state index contributed by atoms with van der Waals surface area (Å²) in [4.78, 5) is 75.2. The van der Waals surface area contributed by atoms with Gasteiger partial charge in [-0.3, -0.25) is 34.2 Å². The third-order valence-electron chi connectivity index (χ3n) is 4.90. The Labute approximate surface area is 170 Å². The molecule has 0 spiro atoms. The predicted molar refractivity (Wildman–Crippen MR) is 99.3 cm³/mol. The van der Waals surface area contributed by atoms with Crippen molar-refractivity contribution in [2.75, 3.05) is 0 Å². The van der Waals surface area contributed by atoms with Crippen LogP contribution >= 0.6 is 0 Å². The van der Waals surface area contributed by atoms with Crippen molar-refractivity contribution in [2.45, 2.75) is 51.7 Å². The summed E-state index contributed by atoms with van der Waals surface area (Å²) in [6, 6.07) is 3.58. The van der Waals surface area contributed by atoms with E-state index in [1.165, 1.54) is 19.1 Å². The van der Waals surface area contributed by atoms with E-state index in [2.05, 4.69) is 0 Å². The second-order valence-electron chi connectivity index (χ2n) is 8.19. The van der Waals surface area contributed by atoms with Gasteiger partial charge in [0.05, 0.1) is 10.5 Å². The zero-order valence-electron chi connectivity index (χ0n) is 16.8. The van der Waals surface area contributed by atoms with Gasteiger partial charge < -0.3 is 4.74 Å². The fourth-order valence-corrected chi connectivity index (χ4v) is 3.49. The number of piperidine rings is 1. The van der Waals surface area contributed by atoms with E-state index in [0.29, 0.717) is 4.90 Å². The molecule has 2 heterocycles. The SMILES string of the molecule is CC(C)(C)OC(=O)N1C(=O)CCC(C)(N2C(=O)c3cccc([N+](=O)[O-])c3C2=O)C1=O. The quantitative estimate of drug-likeness (QED) is 0.404. The summed E-state index contributed by atoms with van der Waals surface area (Å²) < 4.78 is 5.11. The number of nitro groups is 1. The van der Waals surface area contributed by atoms with Crippen LogP contribution in [0.15, 0.2) is 18.2 Å². The summed E-state index contributed by atoms with van der Waals surface area (Å²) in [5, 5.41) is 11.3. The number of carbonyl (C=O) groups excluding carboxylic acids is 5. The number of benzene rings is 1. The van der Waals surface area contributed by atoms with Gasteiger partial charge in [0, 0.05) is 12.5 Å². The first-order valence-electron chi connectivity index (χ1n) is 9.06. The largest absolute Gasteiger partial charge is 0.443 e. The topological polar surface area (TPSA) is 144 Å². The maximum Gasteiger partial charge on any atom is 0.424 e. The lowest BCUT2D eigenvalue weighted by atomic mass is 9.87. The molecule has 1 aromatic rings. The van der Waals surface area contributed by atoms with Crippen molar-refractivity contribution >= 4 is 35.4 Å². The van der Waals surface area contributed by atoms with Crippen molar-refractivity contribution in [3.8, 4) is 0 Å². The van der Waals surface area contributed by atoms with Crippen LogP contribution in [0.1, 0.15) is 61.3 Å². The highest BCUT2D eigenvalue weighted by molar-refractivity contribution is 6.26. The van der Waals surface area contributed by atoms with Crippen LogP contribution in [0.2, 0.25) is 0 Å². The molecule has 158 valence electrons. The molecule has 0 radical (unpaired) electrons. The molecule has 1 saturated heterocycles. The first kappa shape index (κ1) is 21.1. The van der Waals surface area contributed by atoms with Gasteiger partial charge in [-0.05, 0) is 40.2 Å². The molecule has 5 amide bonds. The Balaban J connectivity index is 2.04. The van der Waals surface area contributed by atoms with Crippen LogP contribution in [0, 0.1) is 10.1 Å². The normalized spacial score (nSPS) is 21.7. The molecular formula is C19H19N3O8. The number of nitrogens with zero attached hydrogens (tertiary/aromatic N) is 3. The minimum atomic E-state index is -1.90. The molecule has 0 saturated carbocycles. The van der Waals surface area contributed by atoms with E-state index in [9.17, 15) is 34.1 Å². The average molecular weight is 417 g/mol. The second kappa shape index (κ2) is 6.71. The van der Waals surface area contributed by atoms with Gasteiger partial charge in [0.15, 0.2) is 0 Å². The lowest BCUT2D eigenvalue weighted by molar-refractivity contribution is -0.385. The predicted octanol–water partition coefficient (Wildman–Crippen LogP) is 2.03. The number of imide groups is 4. The minimum absolute atomic E-state index is 0.219. The van der Waals surface area contributed by atoms with Crippen LogP contribution in [0.3, 0.4) is 0 Å². The van der Waals surface area contributed by atoms with Gasteiger partial charge in [0.2, 0.25) is 5.91 Å². The standard InChI is InChI=1S/C19H19N3O8/c1-18(2,3)30-17(27)20-12(23)8-9-19(4,16(20)26)21-14(24)10-6-5-7-11(22(28)29)13(10)15(21)25/h5-7H,8-9H2,1-4H3. The van der Waals surface area contributed by atoms with Crippen LogP contribution in [0.5, 0.6) is 0 Å². The fourth-order valence-electron chi connectivity index (χ4n) is 3.49. The van der Waals surface area contributed by atoms with E-state index < -0.39 is 57.0 Å². The summed E-state index contributed by atoms with van der Waals surface area (Å²) in [6.07, 6.45) is -1.76. The zero-order chi connectivity index (χ0) is 22.6. The van der Waals surface area contributed by atoms with Crippen LogP contribution in [0.4, 0.5) is 10.5 Å². The molecule has 1 atom stereocenters. The molecule has 11 nitrogen and oxygen atoms in total. The summed E-state index contributed by atoms with van der Waals surface area (Å²) >= 11 is 0. The molecule has 2 aliphatic heterocycles. The Bertz CT molecular complexity index is 1030. The van der Waals surface area contributed by atoms with Gasteiger partial charge in [-0.25, -0.2) is 4.79 Å². The van der Waals surface area contributed by atoms with Gasteiger partial charge in [-0.2, -0.15) is 4.90 Å². The minimum Gasteiger partial charge on any atom is -0.443 e. The molecule has 0 aliphatic carbocycles. The van der Waals surface area contributed by atoms with Crippen LogP contribution in [0.25, 0.3) is 0 Å². The van der Waals surface area contributed by atoms with Gasteiger partial charge in [0.1, 0.15) is 16.7 Å². The molecule has 3 rings (SSSR count). The molecule has 0 aromatic heterocycles. The number of rotatable bonds is 2.